The number of hydrogen-bond donors (Lipinski definition) is 2. The fourth-order valence-corrected chi connectivity index (χ4v) is 3.39. The molecule has 3 rings (SSSR count). The normalized spacial score (nSPS) is 13.9. The number of benzene rings is 2. The fraction of sp³-hybridized carbons (Fsp3) is 0.292. The maximum atomic E-state index is 13.2. The predicted octanol–water partition coefficient (Wildman–Crippen LogP) is 5.72. The Balaban J connectivity index is 2.43. The van der Waals surface area contributed by atoms with Crippen molar-refractivity contribution in [3.05, 3.63) is 52.1 Å². The van der Waals surface area contributed by atoms with Crippen molar-refractivity contribution in [3.63, 3.8) is 0 Å². The second-order valence-electron chi connectivity index (χ2n) is 7.22. The highest BCUT2D eigenvalue weighted by molar-refractivity contribution is 6.02. The number of esters is 1. The third kappa shape index (κ3) is 3.44. The number of phenolic OH excluding ortho intramolecular Hbond substituents is 2. The molecule has 2 aromatic carbocycles. The lowest BCUT2D eigenvalue weighted by molar-refractivity contribution is 0.0735. The van der Waals surface area contributed by atoms with Crippen LogP contribution in [-0.2, 0) is 11.3 Å². The van der Waals surface area contributed by atoms with Crippen LogP contribution in [-0.4, -0.2) is 23.3 Å². The van der Waals surface area contributed by atoms with Crippen LogP contribution in [0.25, 0.3) is 11.1 Å². The van der Waals surface area contributed by atoms with Crippen LogP contribution >= 0.6 is 0 Å². The minimum Gasteiger partial charge on any atom is -0.508 e. The Kier molecular flexibility index (Phi) is 5.89. The van der Waals surface area contributed by atoms with E-state index in [2.05, 4.69) is 0 Å². The first-order chi connectivity index (χ1) is 14.2. The molecular weight excluding hydrogens is 384 g/mol. The smallest absolute Gasteiger partial charge is 0.348 e. The summed E-state index contributed by atoms with van der Waals surface area (Å²) in [5.74, 6) is -0.0264. The van der Waals surface area contributed by atoms with Crippen molar-refractivity contribution < 1.29 is 29.2 Å². The van der Waals surface area contributed by atoms with Crippen LogP contribution in [0.4, 0.5) is 0 Å². The van der Waals surface area contributed by atoms with E-state index in [-0.39, 0.29) is 35.2 Å². The molecule has 1 aliphatic heterocycles. The third-order valence-corrected chi connectivity index (χ3v) is 5.42. The number of phenols is 2. The number of aromatic hydroxyl groups is 2. The van der Waals surface area contributed by atoms with Gasteiger partial charge in [-0.3, -0.25) is 0 Å². The molecule has 0 saturated heterocycles. The Bertz CT molecular complexity index is 1090. The molecule has 0 fully saturated rings. The molecule has 0 bridgehead atoms. The lowest BCUT2D eigenvalue weighted by Gasteiger charge is -2.18. The van der Waals surface area contributed by atoms with Gasteiger partial charge in [-0.15, -0.1) is 0 Å². The Morgan fingerprint density at radius 2 is 1.57 bits per heavy atom. The second kappa shape index (κ2) is 8.24. The Hall–Kier alpha value is -3.25. The maximum Gasteiger partial charge on any atom is 0.348 e. The zero-order valence-corrected chi connectivity index (χ0v) is 18.0. The van der Waals surface area contributed by atoms with Crippen molar-refractivity contribution in [2.75, 3.05) is 7.11 Å². The van der Waals surface area contributed by atoms with Crippen molar-refractivity contribution >= 4 is 17.1 Å². The van der Waals surface area contributed by atoms with Crippen molar-refractivity contribution in [2.45, 2.75) is 41.2 Å². The van der Waals surface area contributed by atoms with E-state index in [4.69, 9.17) is 14.2 Å². The number of carbonyl (C=O) groups excluding carboxylic acids is 1. The molecule has 30 heavy (non-hydrogen) atoms. The van der Waals surface area contributed by atoms with E-state index in [0.717, 1.165) is 11.1 Å². The van der Waals surface area contributed by atoms with Gasteiger partial charge in [0, 0.05) is 18.2 Å². The Morgan fingerprint density at radius 3 is 2.17 bits per heavy atom. The molecule has 0 unspecified atom stereocenters. The third-order valence-electron chi connectivity index (χ3n) is 5.42. The van der Waals surface area contributed by atoms with Crippen LogP contribution in [0.2, 0.25) is 0 Å². The van der Waals surface area contributed by atoms with E-state index < -0.39 is 5.97 Å². The molecule has 6 heteroatoms. The fourth-order valence-electron chi connectivity index (χ4n) is 3.39. The van der Waals surface area contributed by atoms with E-state index in [1.54, 1.807) is 13.0 Å². The zero-order valence-electron chi connectivity index (χ0n) is 18.0. The van der Waals surface area contributed by atoms with Gasteiger partial charge in [0.25, 0.3) is 0 Å². The van der Waals surface area contributed by atoms with E-state index in [0.29, 0.717) is 28.0 Å². The summed E-state index contributed by atoms with van der Waals surface area (Å²) < 4.78 is 17.3. The number of allylic oxidation sites excluding steroid dienone is 4. The number of rotatable bonds is 4. The quantitative estimate of drug-likeness (QED) is 0.495. The summed E-state index contributed by atoms with van der Waals surface area (Å²) in [5.41, 5.74) is 3.65. The highest BCUT2D eigenvalue weighted by atomic mass is 16.6. The molecule has 6 nitrogen and oxygen atoms in total. The van der Waals surface area contributed by atoms with Crippen molar-refractivity contribution in [3.8, 4) is 28.7 Å². The molecule has 0 atom stereocenters. The highest BCUT2D eigenvalue weighted by Gasteiger charge is 2.33. The number of carbonyl (C=O) groups is 1. The van der Waals surface area contributed by atoms with Crippen LogP contribution < -0.4 is 9.47 Å². The van der Waals surface area contributed by atoms with Gasteiger partial charge in [0.05, 0.1) is 12.2 Å². The summed E-state index contributed by atoms with van der Waals surface area (Å²) in [5, 5.41) is 21.1. The molecule has 2 N–H and O–H groups in total. The Labute approximate surface area is 176 Å². The van der Waals surface area contributed by atoms with Crippen molar-refractivity contribution in [1.82, 2.24) is 0 Å². The minimum absolute atomic E-state index is 0.00266. The lowest BCUT2D eigenvalue weighted by atomic mass is 9.96. The summed E-state index contributed by atoms with van der Waals surface area (Å²) in [4.78, 5) is 13.2. The molecular formula is C24H26O6. The molecule has 1 aliphatic rings. The summed E-state index contributed by atoms with van der Waals surface area (Å²) in [6.45, 7) is 9.11. The Morgan fingerprint density at radius 1 is 0.967 bits per heavy atom. The topological polar surface area (TPSA) is 85.2 Å². The first-order valence-corrected chi connectivity index (χ1v) is 9.66. The van der Waals surface area contributed by atoms with E-state index in [1.165, 1.54) is 13.2 Å². The van der Waals surface area contributed by atoms with Crippen LogP contribution in [0.1, 0.15) is 60.3 Å². The lowest BCUT2D eigenvalue weighted by Crippen LogP contribution is -2.12. The van der Waals surface area contributed by atoms with Gasteiger partial charge in [0.2, 0.25) is 0 Å². The molecule has 0 aromatic heterocycles. The van der Waals surface area contributed by atoms with Gasteiger partial charge in [-0.2, -0.15) is 0 Å². The molecule has 1 heterocycles. The first kappa shape index (κ1) is 21.5. The van der Waals surface area contributed by atoms with Gasteiger partial charge in [0.15, 0.2) is 17.2 Å². The van der Waals surface area contributed by atoms with Gasteiger partial charge in [0.1, 0.15) is 17.1 Å². The molecule has 0 radical (unpaired) electrons. The maximum absolute atomic E-state index is 13.2. The number of methoxy groups -OCH3 is 1. The zero-order chi connectivity index (χ0) is 22.2. The van der Waals surface area contributed by atoms with Gasteiger partial charge < -0.3 is 24.4 Å². The molecule has 0 amide bonds. The molecule has 0 saturated carbocycles. The van der Waals surface area contributed by atoms with Crippen molar-refractivity contribution in [1.29, 1.82) is 0 Å². The van der Waals surface area contributed by atoms with Crippen molar-refractivity contribution in [2.24, 2.45) is 0 Å². The van der Waals surface area contributed by atoms with E-state index in [1.807, 2.05) is 39.8 Å². The first-order valence-electron chi connectivity index (χ1n) is 9.66. The SMILES string of the molecule is C/C=C(\C)c1cc(O)c(C)c2c1Oc1c(COC)c(O)cc(/C(C)=C/C)c1C(=O)O2. The summed E-state index contributed by atoms with van der Waals surface area (Å²) in [6.07, 6.45) is 3.71. The van der Waals surface area contributed by atoms with Gasteiger partial charge >= 0.3 is 5.97 Å². The average Bonchev–Trinajstić information content (AvgIpc) is 2.88. The van der Waals surface area contributed by atoms with Crippen LogP contribution in [0.5, 0.6) is 28.7 Å². The number of hydrogen-bond acceptors (Lipinski definition) is 6. The van der Waals surface area contributed by atoms with Gasteiger partial charge in [-0.1, -0.05) is 12.2 Å². The molecule has 158 valence electrons. The highest BCUT2D eigenvalue weighted by Crippen LogP contribution is 2.50. The summed E-state index contributed by atoms with van der Waals surface area (Å²) >= 11 is 0. The number of fused-ring (bicyclic) bond motifs is 2. The van der Waals surface area contributed by atoms with E-state index >= 15 is 0 Å². The van der Waals surface area contributed by atoms with Crippen LogP contribution in [0.15, 0.2) is 24.3 Å². The monoisotopic (exact) mass is 410 g/mol. The minimum atomic E-state index is -0.630. The molecule has 2 aromatic rings. The molecule has 0 spiro atoms. The van der Waals surface area contributed by atoms with Gasteiger partial charge in [-0.05, 0) is 63.5 Å². The summed E-state index contributed by atoms with van der Waals surface area (Å²) in [6, 6.07) is 3.10. The number of ether oxygens (including phenoxy) is 3. The van der Waals surface area contributed by atoms with Crippen LogP contribution in [0, 0.1) is 6.92 Å². The average molecular weight is 410 g/mol. The largest absolute Gasteiger partial charge is 0.508 e. The summed E-state index contributed by atoms with van der Waals surface area (Å²) in [7, 11) is 1.50. The second-order valence-corrected chi connectivity index (χ2v) is 7.22. The van der Waals surface area contributed by atoms with E-state index in [9.17, 15) is 15.0 Å². The van der Waals surface area contributed by atoms with Gasteiger partial charge in [-0.25, -0.2) is 4.79 Å². The predicted molar refractivity (Wildman–Crippen MR) is 115 cm³/mol. The standard InChI is InChI=1S/C24H26O6/c1-7-12(3)15-9-19(26)17(11-28-6)22-20(15)24(27)30-21-14(5)18(25)10-16(13(4)8-2)23(21)29-22/h7-10,25-26H,11H2,1-6H3/b12-7+,13-8+. The molecule has 0 aliphatic carbocycles. The van der Waals surface area contributed by atoms with Crippen LogP contribution in [0.3, 0.4) is 0 Å².